The zero-order valence-corrected chi connectivity index (χ0v) is 17.9. The second kappa shape index (κ2) is 8.06. The fraction of sp³-hybridized carbons (Fsp3) is 0.864. The average Bonchev–Trinajstić information content (AvgIpc) is 3.02. The van der Waals surface area contributed by atoms with Crippen molar-refractivity contribution in [3.05, 3.63) is 17.2 Å². The predicted octanol–water partition coefficient (Wildman–Crippen LogP) is 7.03. The van der Waals surface area contributed by atoms with E-state index in [1.165, 1.54) is 42.9 Å². The number of aromatic nitrogens is 2. The van der Waals surface area contributed by atoms with Gasteiger partial charge in [0.25, 0.3) is 0 Å². The summed E-state index contributed by atoms with van der Waals surface area (Å²) in [6.45, 7) is 20.9. The number of hydrogen-bond donors (Lipinski definition) is 1. The lowest BCUT2D eigenvalue weighted by molar-refractivity contribution is 0.400. The average molecular weight is 335 g/mol. The summed E-state index contributed by atoms with van der Waals surface area (Å²) in [5, 5.41) is 0. The van der Waals surface area contributed by atoms with E-state index in [0.29, 0.717) is 0 Å². The number of H-pyrrole nitrogens is 1. The SMILES string of the molecule is CCCCCC(C)(C)c1nc(C(C)(C)CC)c(C(C)(CC)CC)[nH]1. The fourth-order valence-corrected chi connectivity index (χ4v) is 3.33. The maximum atomic E-state index is 5.21. The normalized spacial score (nSPS) is 13.5. The van der Waals surface area contributed by atoms with Crippen molar-refractivity contribution in [2.45, 2.75) is 124 Å². The standard InChI is InChI=1S/C22H42N2/c1-10-14-15-16-21(7,8)19-23-17(20(5,6)11-2)18(24-19)22(9,12-3)13-4/h10-16H2,1-9H3,(H,23,24). The van der Waals surface area contributed by atoms with E-state index in [1.807, 2.05) is 0 Å². The number of nitrogens with one attached hydrogen (secondary N) is 1. The topological polar surface area (TPSA) is 28.7 Å². The summed E-state index contributed by atoms with van der Waals surface area (Å²) in [4.78, 5) is 9.03. The molecular formula is C22H42N2. The molecule has 24 heavy (non-hydrogen) atoms. The van der Waals surface area contributed by atoms with E-state index in [-0.39, 0.29) is 16.2 Å². The minimum Gasteiger partial charge on any atom is -0.345 e. The van der Waals surface area contributed by atoms with Crippen LogP contribution < -0.4 is 0 Å². The Labute approximate surface area is 151 Å². The van der Waals surface area contributed by atoms with E-state index >= 15 is 0 Å². The highest BCUT2D eigenvalue weighted by atomic mass is 15.0. The Kier molecular flexibility index (Phi) is 7.14. The van der Waals surface area contributed by atoms with Crippen LogP contribution in [0.2, 0.25) is 0 Å². The van der Waals surface area contributed by atoms with Gasteiger partial charge in [0.05, 0.1) is 5.69 Å². The molecule has 0 aliphatic carbocycles. The van der Waals surface area contributed by atoms with Crippen LogP contribution in [0.4, 0.5) is 0 Å². The number of aromatic amines is 1. The van der Waals surface area contributed by atoms with Crippen LogP contribution in [0.3, 0.4) is 0 Å². The van der Waals surface area contributed by atoms with E-state index in [9.17, 15) is 0 Å². The first-order chi connectivity index (χ1) is 11.1. The fourth-order valence-electron chi connectivity index (χ4n) is 3.33. The van der Waals surface area contributed by atoms with Gasteiger partial charge in [-0.05, 0) is 25.7 Å². The Morgan fingerprint density at radius 2 is 1.38 bits per heavy atom. The zero-order valence-electron chi connectivity index (χ0n) is 17.9. The first kappa shape index (κ1) is 21.3. The molecule has 0 fully saturated rings. The molecule has 2 heteroatoms. The van der Waals surface area contributed by atoms with E-state index in [4.69, 9.17) is 4.98 Å². The molecule has 0 bridgehead atoms. The van der Waals surface area contributed by atoms with Crippen LogP contribution in [0.1, 0.15) is 124 Å². The number of hydrogen-bond acceptors (Lipinski definition) is 1. The van der Waals surface area contributed by atoms with Gasteiger partial charge in [-0.3, -0.25) is 0 Å². The second-order valence-electron chi connectivity index (χ2n) is 9.16. The highest BCUT2D eigenvalue weighted by molar-refractivity contribution is 5.31. The number of nitrogens with zero attached hydrogens (tertiary/aromatic N) is 1. The number of imidazole rings is 1. The molecule has 1 aromatic rings. The minimum absolute atomic E-state index is 0.119. The van der Waals surface area contributed by atoms with Crippen LogP contribution in [-0.2, 0) is 16.2 Å². The quantitative estimate of drug-likeness (QED) is 0.457. The number of unbranched alkanes of at least 4 members (excludes halogenated alkanes) is 2. The van der Waals surface area contributed by atoms with Gasteiger partial charge >= 0.3 is 0 Å². The summed E-state index contributed by atoms with van der Waals surface area (Å²) in [7, 11) is 0. The van der Waals surface area contributed by atoms with Crippen molar-refractivity contribution >= 4 is 0 Å². The second-order valence-corrected chi connectivity index (χ2v) is 9.16. The molecule has 0 saturated carbocycles. The Morgan fingerprint density at radius 1 is 0.792 bits per heavy atom. The molecule has 0 saturated heterocycles. The van der Waals surface area contributed by atoms with Crippen molar-refractivity contribution in [1.82, 2.24) is 9.97 Å². The van der Waals surface area contributed by atoms with Gasteiger partial charge in [-0.15, -0.1) is 0 Å². The van der Waals surface area contributed by atoms with Crippen LogP contribution in [0.15, 0.2) is 0 Å². The van der Waals surface area contributed by atoms with Gasteiger partial charge in [0.2, 0.25) is 0 Å². The Hall–Kier alpha value is -0.790. The predicted molar refractivity (Wildman–Crippen MR) is 107 cm³/mol. The van der Waals surface area contributed by atoms with Gasteiger partial charge < -0.3 is 4.98 Å². The Morgan fingerprint density at radius 3 is 1.83 bits per heavy atom. The highest BCUT2D eigenvalue weighted by Crippen LogP contribution is 2.40. The van der Waals surface area contributed by atoms with Crippen LogP contribution >= 0.6 is 0 Å². The summed E-state index contributed by atoms with van der Waals surface area (Å²) in [6.07, 6.45) is 8.48. The largest absolute Gasteiger partial charge is 0.345 e. The van der Waals surface area contributed by atoms with Gasteiger partial charge in [0.15, 0.2) is 0 Å². The molecule has 140 valence electrons. The van der Waals surface area contributed by atoms with Crippen LogP contribution in [0, 0.1) is 0 Å². The summed E-state index contributed by atoms with van der Waals surface area (Å²) in [6, 6.07) is 0. The third-order valence-electron chi connectivity index (χ3n) is 6.44. The van der Waals surface area contributed by atoms with E-state index in [2.05, 4.69) is 67.3 Å². The van der Waals surface area contributed by atoms with Crippen LogP contribution in [0.25, 0.3) is 0 Å². The van der Waals surface area contributed by atoms with Gasteiger partial charge in [-0.25, -0.2) is 4.98 Å². The molecule has 2 nitrogen and oxygen atoms in total. The third kappa shape index (κ3) is 4.43. The van der Waals surface area contributed by atoms with Gasteiger partial charge in [0.1, 0.15) is 5.82 Å². The molecule has 0 aromatic carbocycles. The summed E-state index contributed by atoms with van der Waals surface area (Å²) in [5.41, 5.74) is 3.11. The lowest BCUT2D eigenvalue weighted by Crippen LogP contribution is -2.27. The first-order valence-electron chi connectivity index (χ1n) is 10.2. The minimum atomic E-state index is 0.119. The molecule has 1 aromatic heterocycles. The maximum absolute atomic E-state index is 5.21. The highest BCUT2D eigenvalue weighted by Gasteiger charge is 2.37. The molecule has 1 N–H and O–H groups in total. The van der Waals surface area contributed by atoms with E-state index in [1.54, 1.807) is 0 Å². The molecule has 0 aliphatic heterocycles. The molecule has 0 amide bonds. The molecule has 1 rings (SSSR count). The van der Waals surface area contributed by atoms with Crippen LogP contribution in [-0.4, -0.2) is 9.97 Å². The monoisotopic (exact) mass is 334 g/mol. The first-order valence-corrected chi connectivity index (χ1v) is 10.2. The lowest BCUT2D eigenvalue weighted by Gasteiger charge is -2.31. The lowest BCUT2D eigenvalue weighted by atomic mass is 9.75. The van der Waals surface area contributed by atoms with Gasteiger partial charge in [-0.2, -0.15) is 0 Å². The molecule has 1 heterocycles. The Balaban J connectivity index is 3.36. The van der Waals surface area contributed by atoms with Crippen molar-refractivity contribution in [3.8, 4) is 0 Å². The molecule has 0 unspecified atom stereocenters. The van der Waals surface area contributed by atoms with Crippen LogP contribution in [0.5, 0.6) is 0 Å². The summed E-state index contributed by atoms with van der Waals surface area (Å²) >= 11 is 0. The van der Waals surface area contributed by atoms with Crippen molar-refractivity contribution < 1.29 is 0 Å². The Bertz CT molecular complexity index is 504. The summed E-state index contributed by atoms with van der Waals surface area (Å²) < 4.78 is 0. The molecule has 0 aliphatic rings. The third-order valence-corrected chi connectivity index (χ3v) is 6.44. The smallest absolute Gasteiger partial charge is 0.112 e. The molecular weight excluding hydrogens is 292 g/mol. The van der Waals surface area contributed by atoms with Gasteiger partial charge in [-0.1, -0.05) is 81.6 Å². The maximum Gasteiger partial charge on any atom is 0.112 e. The van der Waals surface area contributed by atoms with Crippen molar-refractivity contribution in [1.29, 1.82) is 0 Å². The molecule has 0 radical (unpaired) electrons. The van der Waals surface area contributed by atoms with Crippen molar-refractivity contribution in [2.24, 2.45) is 0 Å². The molecule has 0 atom stereocenters. The molecule has 0 spiro atoms. The van der Waals surface area contributed by atoms with Crippen molar-refractivity contribution in [2.75, 3.05) is 0 Å². The van der Waals surface area contributed by atoms with Gasteiger partial charge in [0, 0.05) is 21.9 Å². The van der Waals surface area contributed by atoms with Crippen molar-refractivity contribution in [3.63, 3.8) is 0 Å². The van der Waals surface area contributed by atoms with E-state index in [0.717, 1.165) is 19.3 Å². The summed E-state index contributed by atoms with van der Waals surface area (Å²) in [5.74, 6) is 1.19. The zero-order chi connectivity index (χ0) is 18.6. The number of rotatable bonds is 10. The van der Waals surface area contributed by atoms with E-state index < -0.39 is 0 Å².